The number of hydrogen-bond donors (Lipinski definition) is 1. The number of anilines is 1. The van der Waals surface area contributed by atoms with Gasteiger partial charge >= 0.3 is 0 Å². The lowest BCUT2D eigenvalue weighted by Gasteiger charge is -2.10. The van der Waals surface area contributed by atoms with Gasteiger partial charge in [-0.1, -0.05) is 24.3 Å². The van der Waals surface area contributed by atoms with E-state index in [1.165, 1.54) is 33.4 Å². The summed E-state index contributed by atoms with van der Waals surface area (Å²) < 4.78 is 1.85. The van der Waals surface area contributed by atoms with Gasteiger partial charge in [0.15, 0.2) is 0 Å². The number of aromatic nitrogens is 3. The van der Waals surface area contributed by atoms with E-state index in [9.17, 15) is 9.59 Å². The largest absolute Gasteiger partial charge is 0.324 e. The highest BCUT2D eigenvalue weighted by molar-refractivity contribution is 7.25. The summed E-state index contributed by atoms with van der Waals surface area (Å²) in [6.45, 7) is 7.97. The first kappa shape index (κ1) is 22.0. The minimum atomic E-state index is -0.270. The first-order valence-corrected chi connectivity index (χ1v) is 11.9. The third-order valence-corrected chi connectivity index (χ3v) is 7.17. The first-order valence-electron chi connectivity index (χ1n) is 11.0. The number of carbonyl (C=O) groups excluding carboxylic acids is 1. The monoisotopic (exact) mass is 468 g/mol. The highest BCUT2D eigenvalue weighted by atomic mass is 32.1. The zero-order valence-electron chi connectivity index (χ0n) is 19.5. The standard InChI is InChI=1S/C27H24N4O2S/c1-15-5-6-17(3)22(11-15)29-23(32)13-31-14-28-24-20-9-10-21(19-8-7-16(2)18(4)12-19)30-26(20)34-25(24)27(31)33/h5-12,14H,13H2,1-4H3,(H,29,32). The van der Waals surface area contributed by atoms with Crippen LogP contribution in [0.25, 0.3) is 31.7 Å². The van der Waals surface area contributed by atoms with E-state index in [2.05, 4.69) is 42.3 Å². The Kier molecular flexibility index (Phi) is 5.49. The molecule has 0 saturated carbocycles. The number of nitrogens with zero attached hydrogens (tertiary/aromatic N) is 3. The molecule has 34 heavy (non-hydrogen) atoms. The number of carbonyl (C=O) groups is 1. The molecule has 0 atom stereocenters. The lowest BCUT2D eigenvalue weighted by molar-refractivity contribution is -0.116. The van der Waals surface area contributed by atoms with E-state index in [0.29, 0.717) is 10.2 Å². The highest BCUT2D eigenvalue weighted by Crippen LogP contribution is 2.31. The van der Waals surface area contributed by atoms with Crippen LogP contribution in [0.2, 0.25) is 0 Å². The minimum Gasteiger partial charge on any atom is -0.324 e. The van der Waals surface area contributed by atoms with Crippen molar-refractivity contribution in [2.75, 3.05) is 5.32 Å². The average molecular weight is 469 g/mol. The van der Waals surface area contributed by atoms with E-state index in [4.69, 9.17) is 4.98 Å². The van der Waals surface area contributed by atoms with Gasteiger partial charge in [-0.25, -0.2) is 9.97 Å². The second-order valence-corrected chi connectivity index (χ2v) is 9.67. The summed E-state index contributed by atoms with van der Waals surface area (Å²) in [4.78, 5) is 35.9. The molecule has 0 aliphatic carbocycles. The fourth-order valence-electron chi connectivity index (χ4n) is 3.94. The van der Waals surface area contributed by atoms with Crippen molar-refractivity contribution in [2.45, 2.75) is 34.2 Å². The number of rotatable bonds is 4. The third kappa shape index (κ3) is 3.99. The van der Waals surface area contributed by atoms with Gasteiger partial charge in [0.2, 0.25) is 5.91 Å². The van der Waals surface area contributed by atoms with Gasteiger partial charge in [-0.05, 0) is 74.2 Å². The fourth-order valence-corrected chi connectivity index (χ4v) is 5.01. The maximum atomic E-state index is 13.2. The zero-order valence-corrected chi connectivity index (χ0v) is 20.3. The number of fused-ring (bicyclic) bond motifs is 3. The number of nitrogens with one attached hydrogen (secondary N) is 1. The number of aryl methyl sites for hydroxylation is 4. The Bertz CT molecular complexity index is 1650. The molecule has 7 heteroatoms. The van der Waals surface area contributed by atoms with Crippen molar-refractivity contribution in [3.8, 4) is 11.3 Å². The molecule has 0 unspecified atom stereocenters. The molecule has 0 saturated heterocycles. The van der Waals surface area contributed by atoms with Crippen molar-refractivity contribution in [1.82, 2.24) is 14.5 Å². The van der Waals surface area contributed by atoms with Crippen LogP contribution < -0.4 is 10.9 Å². The van der Waals surface area contributed by atoms with Crippen LogP contribution in [-0.2, 0) is 11.3 Å². The Morgan fingerprint density at radius 1 is 0.971 bits per heavy atom. The summed E-state index contributed by atoms with van der Waals surface area (Å²) in [5, 5.41) is 3.74. The van der Waals surface area contributed by atoms with Gasteiger partial charge in [0.05, 0.1) is 17.5 Å². The molecule has 3 heterocycles. The van der Waals surface area contributed by atoms with Gasteiger partial charge in [0.25, 0.3) is 5.56 Å². The van der Waals surface area contributed by atoms with E-state index in [1.54, 1.807) is 0 Å². The molecule has 6 nitrogen and oxygen atoms in total. The van der Waals surface area contributed by atoms with Crippen LogP contribution in [0.1, 0.15) is 22.3 Å². The maximum absolute atomic E-state index is 13.2. The summed E-state index contributed by atoms with van der Waals surface area (Å²) in [6.07, 6.45) is 1.44. The second-order valence-electron chi connectivity index (χ2n) is 8.67. The van der Waals surface area contributed by atoms with Crippen LogP contribution in [0.15, 0.2) is 59.7 Å². The predicted molar refractivity (Wildman–Crippen MR) is 139 cm³/mol. The summed E-state index contributed by atoms with van der Waals surface area (Å²) in [7, 11) is 0. The molecule has 0 aliphatic heterocycles. The molecular formula is C27H24N4O2S. The summed E-state index contributed by atoms with van der Waals surface area (Å²) in [5.41, 5.74) is 7.49. The van der Waals surface area contributed by atoms with Gasteiger partial charge < -0.3 is 5.32 Å². The first-order chi connectivity index (χ1) is 16.3. The Morgan fingerprint density at radius 2 is 1.76 bits per heavy atom. The molecule has 5 rings (SSSR count). The second kappa shape index (κ2) is 8.50. The number of benzene rings is 2. The smallest absolute Gasteiger partial charge is 0.271 e. The highest BCUT2D eigenvalue weighted by Gasteiger charge is 2.15. The lowest BCUT2D eigenvalue weighted by Crippen LogP contribution is -2.27. The zero-order chi connectivity index (χ0) is 24.0. The summed E-state index contributed by atoms with van der Waals surface area (Å²) in [6, 6.07) is 16.1. The van der Waals surface area contributed by atoms with E-state index in [-0.39, 0.29) is 18.0 Å². The fraction of sp³-hybridized carbons (Fsp3) is 0.185. The minimum absolute atomic E-state index is 0.106. The molecule has 0 aliphatic rings. The number of thiophene rings is 1. The molecule has 0 spiro atoms. The van der Waals surface area contributed by atoms with Crippen LogP contribution in [-0.4, -0.2) is 20.4 Å². The molecule has 0 radical (unpaired) electrons. The number of pyridine rings is 1. The van der Waals surface area contributed by atoms with Crippen LogP contribution in [0.4, 0.5) is 5.69 Å². The molecule has 0 fully saturated rings. The molecule has 0 bridgehead atoms. The molecule has 170 valence electrons. The Labute approximate surface area is 200 Å². The molecule has 2 aromatic carbocycles. The van der Waals surface area contributed by atoms with Gasteiger partial charge in [0.1, 0.15) is 16.1 Å². The normalized spacial score (nSPS) is 11.3. The molecule has 1 amide bonds. The molecular weight excluding hydrogens is 444 g/mol. The van der Waals surface area contributed by atoms with Crippen molar-refractivity contribution in [1.29, 1.82) is 0 Å². The van der Waals surface area contributed by atoms with Gasteiger partial charge in [-0.2, -0.15) is 0 Å². The Morgan fingerprint density at radius 3 is 2.56 bits per heavy atom. The van der Waals surface area contributed by atoms with E-state index < -0.39 is 0 Å². The SMILES string of the molecule is Cc1ccc(C)c(NC(=O)Cn2cnc3c(sc4nc(-c5ccc(C)c(C)c5)ccc43)c2=O)c1. The van der Waals surface area contributed by atoms with Gasteiger partial charge in [0, 0.05) is 16.6 Å². The van der Waals surface area contributed by atoms with E-state index >= 15 is 0 Å². The average Bonchev–Trinajstić information content (AvgIpc) is 3.18. The van der Waals surface area contributed by atoms with Crippen molar-refractivity contribution < 1.29 is 4.79 Å². The van der Waals surface area contributed by atoms with Crippen LogP contribution in [0.5, 0.6) is 0 Å². The van der Waals surface area contributed by atoms with E-state index in [0.717, 1.165) is 38.3 Å². The molecule has 5 aromatic rings. The number of amides is 1. The third-order valence-electron chi connectivity index (χ3n) is 6.09. The Hall–Kier alpha value is -3.84. The van der Waals surface area contributed by atoms with E-state index in [1.807, 2.05) is 44.2 Å². The number of hydrogen-bond acceptors (Lipinski definition) is 5. The van der Waals surface area contributed by atoms with Crippen molar-refractivity contribution in [2.24, 2.45) is 0 Å². The van der Waals surface area contributed by atoms with Crippen LogP contribution >= 0.6 is 11.3 Å². The lowest BCUT2D eigenvalue weighted by atomic mass is 10.0. The molecule has 1 N–H and O–H groups in total. The van der Waals surface area contributed by atoms with Crippen LogP contribution in [0, 0.1) is 27.7 Å². The summed E-state index contributed by atoms with van der Waals surface area (Å²) >= 11 is 1.32. The molecule has 3 aromatic heterocycles. The Balaban J connectivity index is 1.48. The van der Waals surface area contributed by atoms with Gasteiger partial charge in [-0.15, -0.1) is 11.3 Å². The predicted octanol–water partition coefficient (Wildman–Crippen LogP) is 5.55. The quantitative estimate of drug-likeness (QED) is 0.375. The van der Waals surface area contributed by atoms with Crippen molar-refractivity contribution in [3.05, 3.63) is 87.5 Å². The van der Waals surface area contributed by atoms with Crippen LogP contribution in [0.3, 0.4) is 0 Å². The topological polar surface area (TPSA) is 76.9 Å². The van der Waals surface area contributed by atoms with Gasteiger partial charge in [-0.3, -0.25) is 14.2 Å². The summed E-state index contributed by atoms with van der Waals surface area (Å²) in [5.74, 6) is -0.270. The van der Waals surface area contributed by atoms with Crippen molar-refractivity contribution >= 4 is 43.4 Å². The van der Waals surface area contributed by atoms with Crippen molar-refractivity contribution in [3.63, 3.8) is 0 Å². The maximum Gasteiger partial charge on any atom is 0.271 e.